The van der Waals surface area contributed by atoms with Gasteiger partial charge >= 0.3 is 11.9 Å². The van der Waals surface area contributed by atoms with Crippen LogP contribution in [0.2, 0.25) is 0 Å². The van der Waals surface area contributed by atoms with Crippen LogP contribution >= 0.6 is 0 Å². The minimum Gasteiger partial charge on any atom is -0.459 e. The van der Waals surface area contributed by atoms with Crippen LogP contribution in [-0.2, 0) is 39.2 Å². The second-order valence-electron chi connectivity index (χ2n) is 12.0. The van der Waals surface area contributed by atoms with Gasteiger partial charge in [0.25, 0.3) is 0 Å². The molecule has 6 aliphatic rings. The van der Waals surface area contributed by atoms with Gasteiger partial charge in [-0.15, -0.1) is 0 Å². The van der Waals surface area contributed by atoms with Gasteiger partial charge in [-0.1, -0.05) is 49.9 Å². The van der Waals surface area contributed by atoms with Crippen LogP contribution in [0.5, 0.6) is 0 Å². The number of hydrogen-bond donors (Lipinski definition) is 3. The third-order valence-electron chi connectivity index (χ3n) is 10.2. The molecule has 3 heterocycles. The van der Waals surface area contributed by atoms with Gasteiger partial charge in [-0.3, -0.25) is 9.59 Å². The summed E-state index contributed by atoms with van der Waals surface area (Å²) in [4.78, 5) is 26.1. The second kappa shape index (κ2) is 7.44. The molecule has 39 heavy (non-hydrogen) atoms. The molecular weight excluding hydrogens is 508 g/mol. The van der Waals surface area contributed by atoms with Crippen molar-refractivity contribution in [2.45, 2.75) is 80.5 Å². The van der Waals surface area contributed by atoms with Crippen molar-refractivity contribution in [2.24, 2.45) is 17.8 Å². The van der Waals surface area contributed by atoms with Crippen LogP contribution in [-0.4, -0.2) is 80.5 Å². The smallest absolute Gasteiger partial charge is 0.314 e. The highest BCUT2D eigenvalue weighted by Gasteiger charge is 2.90. The zero-order valence-corrected chi connectivity index (χ0v) is 22.1. The van der Waals surface area contributed by atoms with Gasteiger partial charge in [0.1, 0.15) is 30.0 Å². The first-order valence-corrected chi connectivity index (χ1v) is 13.3. The lowest BCUT2D eigenvalue weighted by molar-refractivity contribution is -0.440. The molecule has 3 aliphatic carbocycles. The summed E-state index contributed by atoms with van der Waals surface area (Å²) in [5.74, 6) is -5.64. The summed E-state index contributed by atoms with van der Waals surface area (Å²) < 4.78 is 32.6. The number of epoxide rings is 1. The number of ketones is 1. The van der Waals surface area contributed by atoms with Crippen molar-refractivity contribution in [2.75, 3.05) is 6.61 Å². The summed E-state index contributed by atoms with van der Waals surface area (Å²) in [5, 5.41) is 34.4. The first-order chi connectivity index (χ1) is 18.4. The lowest BCUT2D eigenvalue weighted by Gasteiger charge is -2.61. The monoisotopic (exact) mass is 540 g/mol. The van der Waals surface area contributed by atoms with Crippen LogP contribution < -0.4 is 0 Å². The Morgan fingerprint density at radius 1 is 1.13 bits per heavy atom. The summed E-state index contributed by atoms with van der Waals surface area (Å²) in [6.45, 7) is 10.0. The Labute approximate surface area is 225 Å². The van der Waals surface area contributed by atoms with Crippen LogP contribution in [0.1, 0.15) is 33.3 Å². The fraction of sp³-hybridized carbons (Fsp3) is 0.586. The maximum absolute atomic E-state index is 13.6. The van der Waals surface area contributed by atoms with Crippen molar-refractivity contribution in [3.05, 3.63) is 59.7 Å². The van der Waals surface area contributed by atoms with E-state index >= 15 is 0 Å². The number of rotatable bonds is 4. The molecule has 7 rings (SSSR count). The van der Waals surface area contributed by atoms with Crippen LogP contribution in [0.3, 0.4) is 0 Å². The van der Waals surface area contributed by atoms with Gasteiger partial charge in [0.15, 0.2) is 17.0 Å². The zero-order valence-electron chi connectivity index (χ0n) is 22.1. The van der Waals surface area contributed by atoms with E-state index in [1.165, 1.54) is 6.92 Å². The summed E-state index contributed by atoms with van der Waals surface area (Å²) in [6.07, 6.45) is -2.91. The maximum atomic E-state index is 13.6. The predicted molar refractivity (Wildman–Crippen MR) is 132 cm³/mol. The summed E-state index contributed by atoms with van der Waals surface area (Å²) in [5.41, 5.74) is -5.65. The van der Waals surface area contributed by atoms with Gasteiger partial charge in [0.2, 0.25) is 0 Å². The van der Waals surface area contributed by atoms with Crippen LogP contribution in [0.25, 0.3) is 0 Å². The number of aliphatic hydroxyl groups is 3. The quantitative estimate of drug-likeness (QED) is 0.286. The largest absolute Gasteiger partial charge is 0.459 e. The number of hydrogen-bond acceptors (Lipinski definition) is 10. The lowest BCUT2D eigenvalue weighted by Crippen LogP contribution is -2.76. The number of benzene rings is 1. The number of fused-ring (bicyclic) bond motifs is 3. The highest BCUT2D eigenvalue weighted by molar-refractivity contribution is 6.05. The summed E-state index contributed by atoms with van der Waals surface area (Å²) in [6, 6.07) is 8.99. The van der Waals surface area contributed by atoms with Gasteiger partial charge in [-0.25, -0.2) is 0 Å². The number of carbonyl (C=O) groups is 2. The van der Waals surface area contributed by atoms with Crippen LogP contribution in [0.4, 0.5) is 0 Å². The van der Waals surface area contributed by atoms with Crippen LogP contribution in [0, 0.1) is 17.8 Å². The van der Waals surface area contributed by atoms with Gasteiger partial charge in [-0.05, 0) is 25.0 Å². The van der Waals surface area contributed by atoms with E-state index in [0.29, 0.717) is 11.1 Å². The van der Waals surface area contributed by atoms with Gasteiger partial charge in [0.05, 0.1) is 12.2 Å². The molecule has 3 aliphatic heterocycles. The maximum Gasteiger partial charge on any atom is 0.314 e. The number of aliphatic hydroxyl groups excluding tert-OH is 2. The minimum atomic E-state index is -2.39. The second-order valence-corrected chi connectivity index (χ2v) is 12.0. The molecule has 2 saturated carbocycles. The SMILES string of the molecule is C=C(C)[C@]12OC3(c4ccccc4)O[C@H]1[C@H]1[C@H]4O[C@@]4(CO)[C@H](O)[C@@]4(O)C(=O)C(C)=C[C@@H]4C1(O3)[C@@H](C)[C@@H]2OC(C)=O. The molecule has 3 saturated heterocycles. The van der Waals surface area contributed by atoms with E-state index in [2.05, 4.69) is 6.58 Å². The fourth-order valence-electron chi connectivity index (χ4n) is 8.49. The minimum absolute atomic E-state index is 0.243. The first-order valence-electron chi connectivity index (χ1n) is 13.3. The van der Waals surface area contributed by atoms with Crippen molar-refractivity contribution in [3.63, 3.8) is 0 Å². The lowest BCUT2D eigenvalue weighted by atomic mass is 9.53. The Hall–Kier alpha value is -2.44. The average Bonchev–Trinajstić information content (AvgIpc) is 3.53. The van der Waals surface area contributed by atoms with E-state index in [1.807, 2.05) is 13.0 Å². The first kappa shape index (κ1) is 25.5. The molecule has 1 aromatic carbocycles. The molecule has 12 atom stereocenters. The number of ether oxygens (including phenoxy) is 5. The molecule has 0 aromatic heterocycles. The molecule has 10 nitrogen and oxygen atoms in total. The molecule has 3 bridgehead atoms. The third-order valence-corrected chi connectivity index (χ3v) is 10.2. The van der Waals surface area contributed by atoms with Crippen molar-refractivity contribution in [1.82, 2.24) is 0 Å². The zero-order chi connectivity index (χ0) is 27.9. The Balaban J connectivity index is 1.57. The summed E-state index contributed by atoms with van der Waals surface area (Å²) in [7, 11) is 0. The van der Waals surface area contributed by atoms with Crippen molar-refractivity contribution in [3.8, 4) is 0 Å². The highest BCUT2D eigenvalue weighted by Crippen LogP contribution is 2.74. The van der Waals surface area contributed by atoms with Crippen LogP contribution in [0.15, 0.2) is 54.1 Å². The Morgan fingerprint density at radius 2 is 1.82 bits per heavy atom. The molecule has 0 radical (unpaired) electrons. The molecule has 3 N–H and O–H groups in total. The van der Waals surface area contributed by atoms with Crippen molar-refractivity contribution < 1.29 is 48.6 Å². The van der Waals surface area contributed by atoms with Gasteiger partial charge in [0, 0.05) is 30.2 Å². The number of Topliss-reactive ketones (excluding diaryl/α,β-unsaturated/α-hetero) is 1. The average molecular weight is 541 g/mol. The molecule has 1 aromatic rings. The van der Waals surface area contributed by atoms with E-state index < -0.39 is 88.9 Å². The molecule has 208 valence electrons. The predicted octanol–water partition coefficient (Wildman–Crippen LogP) is 0.874. The fourth-order valence-corrected chi connectivity index (χ4v) is 8.49. The molecular formula is C29H32O10. The van der Waals surface area contributed by atoms with Crippen molar-refractivity contribution >= 4 is 11.8 Å². The Bertz CT molecular complexity index is 1340. The van der Waals surface area contributed by atoms with E-state index in [4.69, 9.17) is 23.7 Å². The molecule has 0 amide bonds. The van der Waals surface area contributed by atoms with E-state index in [9.17, 15) is 24.9 Å². The van der Waals surface area contributed by atoms with Crippen molar-refractivity contribution in [1.29, 1.82) is 0 Å². The third kappa shape index (κ3) is 2.58. The van der Waals surface area contributed by atoms with E-state index in [-0.39, 0.29) is 5.57 Å². The molecule has 0 spiro atoms. The number of carbonyl (C=O) groups excluding carboxylic acids is 2. The highest BCUT2D eigenvalue weighted by atomic mass is 16.9. The standard InChI is InChI=1S/C29H32O10/c1-13(2)27-21(35-16(5)31)15(4)28-18-11-14(3)20(32)26(18,34)24(33)25(12-30)22(36-25)19(28)23(27)37-29(38-27,39-28)17-9-7-6-8-10-17/h6-11,15,18-19,21-24,30,33-34H,1,12H2,2-5H3/t15-,18-,19+,21-,22+,23-,24-,25+,26-,27+,28?,29?/m0/s1. The normalized spacial score (nSPS) is 52.3. The Kier molecular flexibility index (Phi) is 4.87. The Morgan fingerprint density at radius 3 is 2.44 bits per heavy atom. The van der Waals surface area contributed by atoms with Gasteiger partial charge < -0.3 is 39.0 Å². The molecule has 5 fully saturated rings. The summed E-state index contributed by atoms with van der Waals surface area (Å²) >= 11 is 0. The molecule has 2 unspecified atom stereocenters. The topological polar surface area (TPSA) is 144 Å². The number of esters is 1. The van der Waals surface area contributed by atoms with E-state index in [1.54, 1.807) is 44.2 Å². The van der Waals surface area contributed by atoms with Gasteiger partial charge in [-0.2, -0.15) is 0 Å². The molecule has 10 heteroatoms. The van der Waals surface area contributed by atoms with E-state index in [0.717, 1.165) is 0 Å².